The minimum atomic E-state index is -1.11. The van der Waals surface area contributed by atoms with Gasteiger partial charge in [-0.25, -0.2) is 27.4 Å². The van der Waals surface area contributed by atoms with Crippen molar-refractivity contribution >= 4 is 23.0 Å². The number of amides is 1. The third-order valence-corrected chi connectivity index (χ3v) is 13.7. The molecule has 15 nitrogen and oxygen atoms in total. The SMILES string of the molecule is C[C@H]1c2c(nn(-c3ccc(F)c(F)c3)c2-n2ccn(-c3ccc4c(cnn4C)c3F)c2=O)CCN1C(=O)c1cc2n(c1C1(c3noc(=O)[nH]3)CC1)C=CC([C@@H]1CCOC(C)(C)C1)C2. The summed E-state index contributed by atoms with van der Waals surface area (Å²) < 4.78 is 63.7. The van der Waals surface area contributed by atoms with Crippen LogP contribution < -0.4 is 11.4 Å². The van der Waals surface area contributed by atoms with Crippen molar-refractivity contribution in [2.45, 2.75) is 76.4 Å². The summed E-state index contributed by atoms with van der Waals surface area (Å²) in [5, 5.41) is 13.4. The Morgan fingerprint density at radius 3 is 2.57 bits per heavy atom. The summed E-state index contributed by atoms with van der Waals surface area (Å²) in [6, 6.07) is 7.76. The second kappa shape index (κ2) is 13.9. The third kappa shape index (κ3) is 6.04. The molecule has 324 valence electrons. The van der Waals surface area contributed by atoms with Gasteiger partial charge in [0.1, 0.15) is 5.82 Å². The van der Waals surface area contributed by atoms with Gasteiger partial charge < -0.3 is 14.2 Å². The zero-order chi connectivity index (χ0) is 43.7. The molecule has 2 fully saturated rings. The molecular formula is C45H43F3N10O5. The van der Waals surface area contributed by atoms with E-state index in [-0.39, 0.29) is 53.0 Å². The molecule has 1 N–H and O–H groups in total. The van der Waals surface area contributed by atoms with E-state index in [1.165, 1.54) is 44.7 Å². The number of ether oxygens (including phenoxy) is 1. The van der Waals surface area contributed by atoms with E-state index in [0.717, 1.165) is 35.2 Å². The number of rotatable bonds is 7. The van der Waals surface area contributed by atoms with E-state index in [1.807, 2.05) is 19.2 Å². The second-order valence-electron chi connectivity index (χ2n) is 17.9. The van der Waals surface area contributed by atoms with Crippen LogP contribution in [0.25, 0.3) is 34.3 Å². The molecule has 3 aliphatic heterocycles. The largest absolute Gasteiger partial charge is 0.438 e. The number of benzene rings is 2. The number of aromatic amines is 1. The molecule has 1 saturated carbocycles. The fourth-order valence-corrected chi connectivity index (χ4v) is 10.4. The predicted molar refractivity (Wildman–Crippen MR) is 223 cm³/mol. The number of aromatic nitrogens is 9. The maximum Gasteiger partial charge on any atom is 0.438 e. The van der Waals surface area contributed by atoms with E-state index < -0.39 is 40.4 Å². The Balaban J connectivity index is 1.02. The molecule has 11 rings (SSSR count). The minimum absolute atomic E-state index is 0.0126. The maximum absolute atomic E-state index is 16.0. The zero-order valence-corrected chi connectivity index (χ0v) is 34.9. The van der Waals surface area contributed by atoms with Gasteiger partial charge in [0.25, 0.3) is 5.91 Å². The van der Waals surface area contributed by atoms with Crippen molar-refractivity contribution in [2.75, 3.05) is 13.2 Å². The Bertz CT molecular complexity index is 3170. The Labute approximate surface area is 357 Å². The zero-order valence-electron chi connectivity index (χ0n) is 34.9. The van der Waals surface area contributed by atoms with E-state index in [2.05, 4.69) is 39.7 Å². The molecule has 4 aliphatic rings. The van der Waals surface area contributed by atoms with Crippen LogP contribution in [0.15, 0.2) is 75.2 Å². The van der Waals surface area contributed by atoms with Gasteiger partial charge >= 0.3 is 11.4 Å². The lowest BCUT2D eigenvalue weighted by atomic mass is 9.77. The van der Waals surface area contributed by atoms with Crippen LogP contribution >= 0.6 is 0 Å². The number of hydrogen-bond acceptors (Lipinski definition) is 8. The van der Waals surface area contributed by atoms with Crippen LogP contribution in [0.2, 0.25) is 0 Å². The molecule has 0 radical (unpaired) electrons. The first-order valence-electron chi connectivity index (χ1n) is 21.2. The molecule has 8 heterocycles. The predicted octanol–water partition coefficient (Wildman–Crippen LogP) is 6.28. The van der Waals surface area contributed by atoms with Gasteiger partial charge in [0.15, 0.2) is 23.3 Å². The Morgan fingerprint density at radius 1 is 1.02 bits per heavy atom. The van der Waals surface area contributed by atoms with Crippen LogP contribution in [0.1, 0.15) is 91.3 Å². The van der Waals surface area contributed by atoms with Crippen molar-refractivity contribution in [2.24, 2.45) is 18.9 Å². The first-order chi connectivity index (χ1) is 30.2. The molecule has 3 atom stereocenters. The molecule has 1 unspecified atom stereocenters. The number of allylic oxidation sites excluding steroid dienone is 1. The number of imidazole rings is 1. The number of halogens is 3. The van der Waals surface area contributed by atoms with E-state index in [0.29, 0.717) is 65.6 Å². The normalized spacial score (nSPS) is 21.2. The Morgan fingerprint density at radius 2 is 1.83 bits per heavy atom. The lowest BCUT2D eigenvalue weighted by Gasteiger charge is -2.39. The smallest absolute Gasteiger partial charge is 0.376 e. The van der Waals surface area contributed by atoms with Gasteiger partial charge in [-0.05, 0) is 95.0 Å². The molecule has 63 heavy (non-hydrogen) atoms. The molecule has 5 aromatic heterocycles. The number of carbonyl (C=O) groups excluding carboxylic acids is 1. The van der Waals surface area contributed by atoms with E-state index >= 15 is 9.18 Å². The molecule has 1 amide bonds. The molecule has 2 aromatic carbocycles. The highest BCUT2D eigenvalue weighted by Gasteiger charge is 2.54. The van der Waals surface area contributed by atoms with Gasteiger partial charge in [0, 0.05) is 68.2 Å². The third-order valence-electron chi connectivity index (χ3n) is 13.7. The highest BCUT2D eigenvalue weighted by Crippen LogP contribution is 2.55. The fraction of sp³-hybridized carbons (Fsp3) is 0.378. The lowest BCUT2D eigenvalue weighted by Crippen LogP contribution is -2.40. The quantitative estimate of drug-likeness (QED) is 0.196. The standard InChI is InChI=1S/C45H43F3N10O5/c1-24-36-33(51-58(27-5-6-31(46)32(47)21-27)39(36)57-17-16-56(43(57)61)35-8-7-34-30(37(35)48)23-49-53(34)4)10-15-54(24)40(59)29-20-28-19-25(26-11-18-62-44(2,3)22-26)9-14-55(28)38(29)45(12-13-45)41-50-42(60)63-52-41/h5-9,14,16-17,20-21,23-26H,10-13,15,18-19,22H2,1-4H3,(H,50,52,60)/t24-,25?,26+/m0/s1. The van der Waals surface area contributed by atoms with E-state index in [4.69, 9.17) is 14.4 Å². The van der Waals surface area contributed by atoms with Crippen molar-refractivity contribution in [3.8, 4) is 17.2 Å². The van der Waals surface area contributed by atoms with Crippen LogP contribution in [0, 0.1) is 29.3 Å². The van der Waals surface area contributed by atoms with Gasteiger partial charge in [0.05, 0.1) is 56.8 Å². The van der Waals surface area contributed by atoms with Crippen molar-refractivity contribution < 1.29 is 27.2 Å². The summed E-state index contributed by atoms with van der Waals surface area (Å²) in [5.41, 5.74) is 2.19. The Kier molecular flexibility index (Phi) is 8.65. The molecule has 0 spiro atoms. The summed E-state index contributed by atoms with van der Waals surface area (Å²) in [4.78, 5) is 46.7. The van der Waals surface area contributed by atoms with Crippen LogP contribution in [-0.4, -0.2) is 73.0 Å². The molecule has 18 heteroatoms. The molecule has 1 saturated heterocycles. The monoisotopic (exact) mass is 860 g/mol. The molecule has 0 bridgehead atoms. The second-order valence-corrected chi connectivity index (χ2v) is 17.9. The summed E-state index contributed by atoms with van der Waals surface area (Å²) in [5.74, 6) is -2.62. The number of hydrogen-bond donors (Lipinski definition) is 1. The molecule has 7 aromatic rings. The molecular weight excluding hydrogens is 818 g/mol. The summed E-state index contributed by atoms with van der Waals surface area (Å²) >= 11 is 0. The van der Waals surface area contributed by atoms with Crippen LogP contribution in [0.4, 0.5) is 13.2 Å². The van der Waals surface area contributed by atoms with Crippen LogP contribution in [-0.2, 0) is 30.0 Å². The number of nitrogens with one attached hydrogen (secondary N) is 1. The van der Waals surface area contributed by atoms with Crippen molar-refractivity contribution in [1.82, 2.24) is 48.3 Å². The highest BCUT2D eigenvalue weighted by molar-refractivity contribution is 5.97. The van der Waals surface area contributed by atoms with Gasteiger partial charge in [-0.2, -0.15) is 10.2 Å². The lowest BCUT2D eigenvalue weighted by molar-refractivity contribution is -0.0792. The average Bonchev–Trinajstić information content (AvgIpc) is 3.72. The van der Waals surface area contributed by atoms with Gasteiger partial charge in [-0.3, -0.25) is 28.1 Å². The van der Waals surface area contributed by atoms with Crippen LogP contribution in [0.3, 0.4) is 0 Å². The summed E-state index contributed by atoms with van der Waals surface area (Å²) in [7, 11) is 1.69. The minimum Gasteiger partial charge on any atom is -0.376 e. The summed E-state index contributed by atoms with van der Waals surface area (Å²) in [6.45, 7) is 7.00. The van der Waals surface area contributed by atoms with Gasteiger partial charge in [0.2, 0.25) is 0 Å². The van der Waals surface area contributed by atoms with Gasteiger partial charge in [-0.15, -0.1) is 0 Å². The number of H-pyrrole nitrogens is 1. The average molecular weight is 861 g/mol. The number of nitrogens with zero attached hydrogens (tertiary/aromatic N) is 9. The number of carbonyl (C=O) groups is 1. The highest BCUT2D eigenvalue weighted by atomic mass is 19.2. The van der Waals surface area contributed by atoms with Crippen molar-refractivity contribution in [3.63, 3.8) is 0 Å². The number of aryl methyl sites for hydroxylation is 1. The topological polar surface area (TPSA) is 156 Å². The van der Waals surface area contributed by atoms with Crippen LogP contribution in [0.5, 0.6) is 0 Å². The van der Waals surface area contributed by atoms with Gasteiger partial charge in [-0.1, -0.05) is 11.2 Å². The van der Waals surface area contributed by atoms with Crippen molar-refractivity contribution in [1.29, 1.82) is 0 Å². The Hall–Kier alpha value is -6.69. The number of fused-ring (bicyclic) bond motifs is 3. The molecule has 1 aliphatic carbocycles. The van der Waals surface area contributed by atoms with Crippen molar-refractivity contribution in [3.05, 3.63) is 134 Å². The van der Waals surface area contributed by atoms with E-state index in [9.17, 15) is 18.4 Å². The first kappa shape index (κ1) is 39.2. The maximum atomic E-state index is 16.0. The first-order valence-corrected chi connectivity index (χ1v) is 21.2. The van der Waals surface area contributed by atoms with E-state index in [1.54, 1.807) is 18.0 Å². The fourth-order valence-electron chi connectivity index (χ4n) is 10.4. The summed E-state index contributed by atoms with van der Waals surface area (Å²) in [6.07, 6.45) is 12.6.